The molecule has 21 heavy (non-hydrogen) atoms. The number of hydrogen-bond acceptors (Lipinski definition) is 3. The summed E-state index contributed by atoms with van der Waals surface area (Å²) in [7, 11) is 0. The zero-order valence-corrected chi connectivity index (χ0v) is 11.8. The fraction of sp³-hybridized carbons (Fsp3) is 0.0769. The minimum atomic E-state index is -1.20. The summed E-state index contributed by atoms with van der Waals surface area (Å²) in [5, 5.41) is 10.8. The van der Waals surface area contributed by atoms with E-state index in [0.29, 0.717) is 22.7 Å². The lowest BCUT2D eigenvalue weighted by atomic mass is 10.2. The van der Waals surface area contributed by atoms with Gasteiger partial charge < -0.3 is 4.74 Å². The predicted molar refractivity (Wildman–Crippen MR) is 74.1 cm³/mol. The standard InChI is InChI=1S/C13H7Cl2F2NO3/c14-6-7-1-2-8(15)3-12(7)21-13-5-9(16)11(18(19)20)4-10(13)17/h1-5H,6H2. The molecule has 0 N–H and O–H groups in total. The summed E-state index contributed by atoms with van der Waals surface area (Å²) in [6.07, 6.45) is 0. The smallest absolute Gasteiger partial charge is 0.307 e. The molecule has 0 spiro atoms. The van der Waals surface area contributed by atoms with Crippen LogP contribution in [0.3, 0.4) is 0 Å². The fourth-order valence-electron chi connectivity index (χ4n) is 1.59. The van der Waals surface area contributed by atoms with Gasteiger partial charge in [0.15, 0.2) is 11.6 Å². The van der Waals surface area contributed by atoms with E-state index in [1.54, 1.807) is 12.1 Å². The van der Waals surface area contributed by atoms with Gasteiger partial charge in [-0.2, -0.15) is 4.39 Å². The summed E-state index contributed by atoms with van der Waals surface area (Å²) in [6.45, 7) is 0. The van der Waals surface area contributed by atoms with E-state index in [0.717, 1.165) is 0 Å². The highest BCUT2D eigenvalue weighted by Crippen LogP contribution is 2.33. The number of nitro benzene ring substituents is 1. The molecule has 2 aromatic rings. The van der Waals surface area contributed by atoms with Gasteiger partial charge >= 0.3 is 5.69 Å². The van der Waals surface area contributed by atoms with Crippen LogP contribution in [0.2, 0.25) is 5.02 Å². The molecule has 0 saturated heterocycles. The fourth-order valence-corrected chi connectivity index (χ4v) is 1.97. The Labute approximate surface area is 128 Å². The molecule has 0 aliphatic heterocycles. The van der Waals surface area contributed by atoms with E-state index < -0.39 is 28.0 Å². The number of nitrogens with zero attached hydrogens (tertiary/aromatic N) is 1. The zero-order valence-electron chi connectivity index (χ0n) is 10.3. The van der Waals surface area contributed by atoms with Gasteiger partial charge in [0.05, 0.1) is 16.9 Å². The normalized spacial score (nSPS) is 10.5. The van der Waals surface area contributed by atoms with Crippen LogP contribution in [-0.2, 0) is 5.88 Å². The van der Waals surface area contributed by atoms with Crippen LogP contribution < -0.4 is 4.74 Å². The molecule has 2 rings (SSSR count). The van der Waals surface area contributed by atoms with E-state index in [-0.39, 0.29) is 11.6 Å². The maximum atomic E-state index is 13.8. The number of nitro groups is 1. The van der Waals surface area contributed by atoms with Crippen molar-refractivity contribution in [2.75, 3.05) is 0 Å². The van der Waals surface area contributed by atoms with Crippen LogP contribution in [-0.4, -0.2) is 4.92 Å². The number of benzene rings is 2. The highest BCUT2D eigenvalue weighted by Gasteiger charge is 2.20. The van der Waals surface area contributed by atoms with Gasteiger partial charge in [-0.15, -0.1) is 11.6 Å². The van der Waals surface area contributed by atoms with Crippen molar-refractivity contribution in [1.29, 1.82) is 0 Å². The van der Waals surface area contributed by atoms with Gasteiger partial charge in [-0.05, 0) is 12.1 Å². The first-order valence-corrected chi connectivity index (χ1v) is 6.49. The van der Waals surface area contributed by atoms with Crippen molar-refractivity contribution >= 4 is 28.9 Å². The average Bonchev–Trinajstić information content (AvgIpc) is 2.42. The number of hydrogen-bond donors (Lipinski definition) is 0. The van der Waals surface area contributed by atoms with E-state index in [2.05, 4.69) is 0 Å². The molecule has 2 aromatic carbocycles. The molecule has 110 valence electrons. The molecule has 0 radical (unpaired) electrons. The summed E-state index contributed by atoms with van der Waals surface area (Å²) in [6, 6.07) is 5.59. The molecule has 0 saturated carbocycles. The molecule has 0 aliphatic carbocycles. The maximum Gasteiger partial charge on any atom is 0.307 e. The van der Waals surface area contributed by atoms with Gasteiger partial charge in [-0.25, -0.2) is 4.39 Å². The Hall–Kier alpha value is -1.92. The van der Waals surface area contributed by atoms with Gasteiger partial charge in [0.1, 0.15) is 5.75 Å². The Morgan fingerprint density at radius 3 is 2.48 bits per heavy atom. The summed E-state index contributed by atoms with van der Waals surface area (Å²) in [5.41, 5.74) is -0.456. The van der Waals surface area contributed by atoms with Crippen molar-refractivity contribution in [3.8, 4) is 11.5 Å². The van der Waals surface area contributed by atoms with E-state index in [4.69, 9.17) is 27.9 Å². The first kappa shape index (κ1) is 15.5. The van der Waals surface area contributed by atoms with Gasteiger partial charge in [0, 0.05) is 16.7 Å². The molecule has 8 heteroatoms. The molecule has 0 aromatic heterocycles. The van der Waals surface area contributed by atoms with Gasteiger partial charge in [-0.3, -0.25) is 10.1 Å². The molecule has 0 amide bonds. The summed E-state index contributed by atoms with van der Waals surface area (Å²) in [5.74, 6) is -2.55. The zero-order chi connectivity index (χ0) is 15.6. The van der Waals surface area contributed by atoms with Crippen molar-refractivity contribution in [1.82, 2.24) is 0 Å². The quantitative estimate of drug-likeness (QED) is 0.446. The monoisotopic (exact) mass is 333 g/mol. The van der Waals surface area contributed by atoms with E-state index >= 15 is 0 Å². The van der Waals surface area contributed by atoms with Crippen molar-refractivity contribution < 1.29 is 18.4 Å². The van der Waals surface area contributed by atoms with Crippen LogP contribution in [0.5, 0.6) is 11.5 Å². The van der Waals surface area contributed by atoms with Crippen LogP contribution in [0.1, 0.15) is 5.56 Å². The van der Waals surface area contributed by atoms with Crippen LogP contribution in [0.25, 0.3) is 0 Å². The molecule has 0 atom stereocenters. The molecule has 0 heterocycles. The van der Waals surface area contributed by atoms with Crippen molar-refractivity contribution in [3.05, 3.63) is 62.7 Å². The first-order chi connectivity index (χ1) is 9.92. The average molecular weight is 334 g/mol. The number of alkyl halides is 1. The summed E-state index contributed by atoms with van der Waals surface area (Å²) < 4.78 is 32.5. The molecule has 0 bridgehead atoms. The van der Waals surface area contributed by atoms with Crippen LogP contribution >= 0.6 is 23.2 Å². The minimum absolute atomic E-state index is 0.0730. The van der Waals surface area contributed by atoms with Crippen LogP contribution in [0, 0.1) is 21.7 Å². The van der Waals surface area contributed by atoms with Gasteiger partial charge in [-0.1, -0.05) is 17.7 Å². The largest absolute Gasteiger partial charge is 0.454 e. The van der Waals surface area contributed by atoms with Crippen LogP contribution in [0.15, 0.2) is 30.3 Å². The first-order valence-electron chi connectivity index (χ1n) is 5.58. The van der Waals surface area contributed by atoms with Gasteiger partial charge in [0.2, 0.25) is 5.82 Å². The molecule has 0 fully saturated rings. The molecule has 0 unspecified atom stereocenters. The third-order valence-electron chi connectivity index (χ3n) is 2.59. The highest BCUT2D eigenvalue weighted by molar-refractivity contribution is 6.30. The Morgan fingerprint density at radius 1 is 1.14 bits per heavy atom. The number of rotatable bonds is 4. The molecular weight excluding hydrogens is 327 g/mol. The summed E-state index contributed by atoms with van der Waals surface area (Å²) >= 11 is 11.5. The SMILES string of the molecule is O=[N+]([O-])c1cc(F)c(Oc2cc(Cl)ccc2CCl)cc1F. The number of ether oxygens (including phenoxy) is 1. The van der Waals surface area contributed by atoms with Gasteiger partial charge in [0.25, 0.3) is 0 Å². The lowest BCUT2D eigenvalue weighted by molar-refractivity contribution is -0.387. The Morgan fingerprint density at radius 2 is 1.86 bits per heavy atom. The van der Waals surface area contributed by atoms with Crippen molar-refractivity contribution in [3.63, 3.8) is 0 Å². The third-order valence-corrected chi connectivity index (χ3v) is 3.11. The van der Waals surface area contributed by atoms with E-state index in [1.807, 2.05) is 0 Å². The highest BCUT2D eigenvalue weighted by atomic mass is 35.5. The topological polar surface area (TPSA) is 52.4 Å². The van der Waals surface area contributed by atoms with Crippen molar-refractivity contribution in [2.24, 2.45) is 0 Å². The second-order valence-corrected chi connectivity index (χ2v) is 4.68. The summed E-state index contributed by atoms with van der Waals surface area (Å²) in [4.78, 5) is 9.49. The van der Waals surface area contributed by atoms with Crippen LogP contribution in [0.4, 0.5) is 14.5 Å². The maximum absolute atomic E-state index is 13.8. The third kappa shape index (κ3) is 3.40. The molecule has 0 aliphatic rings. The molecule has 4 nitrogen and oxygen atoms in total. The van der Waals surface area contributed by atoms with E-state index in [9.17, 15) is 18.9 Å². The van der Waals surface area contributed by atoms with E-state index in [1.165, 1.54) is 6.07 Å². The Balaban J connectivity index is 2.43. The van der Waals surface area contributed by atoms with Crippen molar-refractivity contribution in [2.45, 2.75) is 5.88 Å². The lowest BCUT2D eigenvalue weighted by Crippen LogP contribution is -1.97. The minimum Gasteiger partial charge on any atom is -0.454 e. The Bertz CT molecular complexity index is 710. The second-order valence-electron chi connectivity index (χ2n) is 3.98. The molecular formula is C13H7Cl2F2NO3. The predicted octanol–water partition coefficient (Wildman–Crippen LogP) is 5.06. The second kappa shape index (κ2) is 6.24. The lowest BCUT2D eigenvalue weighted by Gasteiger charge is -2.11. The Kier molecular flexibility index (Phi) is 4.59. The number of halogens is 4.